The number of alkyl halides is 3. The van der Waals surface area contributed by atoms with Gasteiger partial charge in [0.25, 0.3) is 0 Å². The quantitative estimate of drug-likeness (QED) is 0.766. The number of likely N-dealkylation sites (tertiary alicyclic amines) is 1. The van der Waals surface area contributed by atoms with Crippen molar-refractivity contribution in [3.8, 4) is 0 Å². The van der Waals surface area contributed by atoms with E-state index in [2.05, 4.69) is 5.32 Å². The van der Waals surface area contributed by atoms with Crippen molar-refractivity contribution in [1.29, 1.82) is 0 Å². The van der Waals surface area contributed by atoms with Crippen molar-refractivity contribution in [2.24, 2.45) is 0 Å². The van der Waals surface area contributed by atoms with Crippen molar-refractivity contribution in [3.63, 3.8) is 0 Å². The number of hydrogen-bond acceptors (Lipinski definition) is 2. The van der Waals surface area contributed by atoms with Crippen LogP contribution in [0.25, 0.3) is 0 Å². The fourth-order valence-electron chi connectivity index (χ4n) is 2.58. The van der Waals surface area contributed by atoms with E-state index in [0.29, 0.717) is 6.04 Å². The maximum atomic E-state index is 13.0. The molecule has 15 heavy (non-hydrogen) atoms. The molecule has 2 aliphatic rings. The van der Waals surface area contributed by atoms with E-state index in [9.17, 15) is 13.2 Å². The topological polar surface area (TPSA) is 15.3 Å². The number of hydrogen-bond donors (Lipinski definition) is 1. The first-order valence-corrected chi connectivity index (χ1v) is 5.41. The van der Waals surface area contributed by atoms with E-state index in [4.69, 9.17) is 0 Å². The Hall–Kier alpha value is -0.290. The van der Waals surface area contributed by atoms with Gasteiger partial charge in [0.2, 0.25) is 0 Å². The van der Waals surface area contributed by atoms with Crippen molar-refractivity contribution in [2.45, 2.75) is 50.0 Å². The predicted molar refractivity (Wildman–Crippen MR) is 51.7 cm³/mol. The van der Waals surface area contributed by atoms with E-state index >= 15 is 0 Å². The number of nitrogens with zero attached hydrogens (tertiary/aromatic N) is 1. The Bertz CT molecular complexity index is 250. The number of rotatable bonds is 2. The Morgan fingerprint density at radius 1 is 1.33 bits per heavy atom. The van der Waals surface area contributed by atoms with Crippen molar-refractivity contribution in [1.82, 2.24) is 10.2 Å². The maximum Gasteiger partial charge on any atom is 0.407 e. The van der Waals surface area contributed by atoms with E-state index in [1.54, 1.807) is 0 Å². The molecule has 1 saturated carbocycles. The Balaban J connectivity index is 2.15. The molecule has 0 amide bonds. The average molecular weight is 222 g/mol. The van der Waals surface area contributed by atoms with E-state index < -0.39 is 11.7 Å². The van der Waals surface area contributed by atoms with E-state index in [0.717, 1.165) is 12.8 Å². The van der Waals surface area contributed by atoms with Gasteiger partial charge in [-0.25, -0.2) is 0 Å². The number of likely N-dealkylation sites (N-methyl/N-ethyl adjacent to an activating group) is 1. The standard InChI is InChI=1S/C10H17F3N2/c1-7-5-9(14-2,10(11,12)13)6-15(7)8-3-4-8/h7-8,14H,3-6H2,1-2H3. The minimum absolute atomic E-state index is 0.0339. The second kappa shape index (κ2) is 3.35. The molecule has 0 spiro atoms. The largest absolute Gasteiger partial charge is 0.407 e. The summed E-state index contributed by atoms with van der Waals surface area (Å²) in [5.74, 6) is 0. The number of nitrogens with one attached hydrogen (secondary N) is 1. The third-order valence-electron chi connectivity index (χ3n) is 3.70. The zero-order chi connectivity index (χ0) is 11.3. The van der Waals surface area contributed by atoms with Crippen LogP contribution in [0, 0.1) is 0 Å². The lowest BCUT2D eigenvalue weighted by Gasteiger charge is -2.31. The fourth-order valence-corrected chi connectivity index (χ4v) is 2.58. The lowest BCUT2D eigenvalue weighted by atomic mass is 9.96. The molecule has 1 saturated heterocycles. The zero-order valence-electron chi connectivity index (χ0n) is 9.06. The summed E-state index contributed by atoms with van der Waals surface area (Å²) in [5.41, 5.74) is -1.69. The van der Waals surface area contributed by atoms with Gasteiger partial charge in [0.15, 0.2) is 0 Å². The van der Waals surface area contributed by atoms with Crippen LogP contribution in [0.5, 0.6) is 0 Å². The molecule has 1 aliphatic heterocycles. The molecule has 0 bridgehead atoms. The van der Waals surface area contributed by atoms with Crippen LogP contribution in [0.15, 0.2) is 0 Å². The van der Waals surface area contributed by atoms with Crippen molar-refractivity contribution >= 4 is 0 Å². The molecule has 2 unspecified atom stereocenters. The smallest absolute Gasteiger partial charge is 0.306 e. The third-order valence-corrected chi connectivity index (χ3v) is 3.70. The van der Waals surface area contributed by atoms with Crippen LogP contribution in [0.3, 0.4) is 0 Å². The minimum Gasteiger partial charge on any atom is -0.306 e. The van der Waals surface area contributed by atoms with E-state index in [-0.39, 0.29) is 19.0 Å². The Kier molecular flexibility index (Phi) is 2.50. The molecule has 2 rings (SSSR count). The van der Waals surface area contributed by atoms with Crippen molar-refractivity contribution in [2.75, 3.05) is 13.6 Å². The molecule has 0 radical (unpaired) electrons. The second-order valence-electron chi connectivity index (χ2n) is 4.79. The van der Waals surface area contributed by atoms with Crippen LogP contribution in [-0.2, 0) is 0 Å². The highest BCUT2D eigenvalue weighted by molar-refractivity contribution is 5.08. The lowest BCUT2D eigenvalue weighted by molar-refractivity contribution is -0.191. The average Bonchev–Trinajstić information content (AvgIpc) is 2.89. The molecule has 0 aromatic carbocycles. The summed E-state index contributed by atoms with van der Waals surface area (Å²) in [7, 11) is 1.41. The highest BCUT2D eigenvalue weighted by Crippen LogP contribution is 2.44. The molecular weight excluding hydrogens is 205 g/mol. The van der Waals surface area contributed by atoms with Gasteiger partial charge in [-0.1, -0.05) is 0 Å². The first-order chi connectivity index (χ1) is 6.89. The molecule has 2 nitrogen and oxygen atoms in total. The van der Waals surface area contributed by atoms with Crippen LogP contribution in [-0.4, -0.2) is 42.3 Å². The summed E-state index contributed by atoms with van der Waals surface area (Å²) >= 11 is 0. The molecule has 1 N–H and O–H groups in total. The van der Waals surface area contributed by atoms with Gasteiger partial charge >= 0.3 is 6.18 Å². The van der Waals surface area contributed by atoms with Gasteiger partial charge in [-0.05, 0) is 33.2 Å². The van der Waals surface area contributed by atoms with Gasteiger partial charge in [0, 0.05) is 18.6 Å². The highest BCUT2D eigenvalue weighted by Gasteiger charge is 2.60. The third kappa shape index (κ3) is 1.76. The second-order valence-corrected chi connectivity index (χ2v) is 4.79. The van der Waals surface area contributed by atoms with Crippen LogP contribution in [0.2, 0.25) is 0 Å². The van der Waals surface area contributed by atoms with Crippen LogP contribution >= 0.6 is 0 Å². The van der Waals surface area contributed by atoms with Gasteiger partial charge in [-0.15, -0.1) is 0 Å². The first kappa shape index (κ1) is 11.2. The normalized spacial score (nSPS) is 38.6. The lowest BCUT2D eigenvalue weighted by Crippen LogP contribution is -2.57. The Labute approximate surface area is 87.8 Å². The molecule has 2 atom stereocenters. The van der Waals surface area contributed by atoms with E-state index in [1.165, 1.54) is 7.05 Å². The SMILES string of the molecule is CNC1(C(F)(F)F)CC(C)N(C2CC2)C1. The fraction of sp³-hybridized carbons (Fsp3) is 1.00. The molecule has 2 fully saturated rings. The van der Waals surface area contributed by atoms with Crippen LogP contribution in [0.4, 0.5) is 13.2 Å². The number of halogens is 3. The molecule has 1 heterocycles. The predicted octanol–water partition coefficient (Wildman–Crippen LogP) is 1.76. The maximum absolute atomic E-state index is 13.0. The first-order valence-electron chi connectivity index (χ1n) is 5.41. The Morgan fingerprint density at radius 2 is 1.93 bits per heavy atom. The van der Waals surface area contributed by atoms with Gasteiger partial charge in [-0.2, -0.15) is 13.2 Å². The molecular formula is C10H17F3N2. The molecule has 5 heteroatoms. The van der Waals surface area contributed by atoms with Crippen LogP contribution < -0.4 is 5.32 Å². The van der Waals surface area contributed by atoms with Crippen molar-refractivity contribution in [3.05, 3.63) is 0 Å². The van der Waals surface area contributed by atoms with Crippen LogP contribution in [0.1, 0.15) is 26.2 Å². The molecule has 0 aromatic heterocycles. The van der Waals surface area contributed by atoms with Gasteiger partial charge < -0.3 is 5.32 Å². The van der Waals surface area contributed by atoms with Gasteiger partial charge in [0.05, 0.1) is 0 Å². The summed E-state index contributed by atoms with van der Waals surface area (Å²) < 4.78 is 38.9. The van der Waals surface area contributed by atoms with Gasteiger partial charge in [-0.3, -0.25) is 4.90 Å². The summed E-state index contributed by atoms with van der Waals surface area (Å²) in [6, 6.07) is 0.434. The molecule has 0 aromatic rings. The molecule has 1 aliphatic carbocycles. The van der Waals surface area contributed by atoms with E-state index in [1.807, 2.05) is 11.8 Å². The zero-order valence-corrected chi connectivity index (χ0v) is 9.06. The summed E-state index contributed by atoms with van der Waals surface area (Å²) in [6.45, 7) is 2.00. The van der Waals surface area contributed by atoms with Crippen molar-refractivity contribution < 1.29 is 13.2 Å². The summed E-state index contributed by atoms with van der Waals surface area (Å²) in [4.78, 5) is 2.00. The summed E-state index contributed by atoms with van der Waals surface area (Å²) in [6.07, 6.45) is -1.87. The molecule has 88 valence electrons. The monoisotopic (exact) mass is 222 g/mol. The highest BCUT2D eigenvalue weighted by atomic mass is 19.4. The Morgan fingerprint density at radius 3 is 2.27 bits per heavy atom. The minimum atomic E-state index is -4.15. The summed E-state index contributed by atoms with van der Waals surface area (Å²) in [5, 5.41) is 2.49. The van der Waals surface area contributed by atoms with Gasteiger partial charge in [0.1, 0.15) is 5.54 Å².